The highest BCUT2D eigenvalue weighted by Gasteiger charge is 2.35. The molecule has 0 aromatic carbocycles. The van der Waals surface area contributed by atoms with Crippen molar-refractivity contribution in [1.82, 2.24) is 0 Å². The van der Waals surface area contributed by atoms with E-state index >= 15 is 0 Å². The maximum absolute atomic E-state index is 11.8. The minimum absolute atomic E-state index is 0.0481. The zero-order chi connectivity index (χ0) is 18.8. The molecule has 0 bridgehead atoms. The molecule has 0 fully saturated rings. The van der Waals surface area contributed by atoms with Gasteiger partial charge in [-0.2, -0.15) is 8.42 Å². The molecular formula is C16H30O7S. The van der Waals surface area contributed by atoms with Crippen LogP contribution in [0.15, 0.2) is 0 Å². The molecule has 0 aliphatic carbocycles. The van der Waals surface area contributed by atoms with E-state index < -0.39 is 33.7 Å². The van der Waals surface area contributed by atoms with Gasteiger partial charge in [0, 0.05) is 0 Å². The predicted molar refractivity (Wildman–Crippen MR) is 90.0 cm³/mol. The van der Waals surface area contributed by atoms with E-state index in [0.717, 1.165) is 12.8 Å². The summed E-state index contributed by atoms with van der Waals surface area (Å²) >= 11 is 0. The van der Waals surface area contributed by atoms with Gasteiger partial charge >= 0.3 is 11.9 Å². The van der Waals surface area contributed by atoms with Crippen LogP contribution >= 0.6 is 0 Å². The smallest absolute Gasteiger partial charge is 0.327 e. The molecule has 0 amide bonds. The van der Waals surface area contributed by atoms with E-state index in [9.17, 15) is 18.0 Å². The van der Waals surface area contributed by atoms with Crippen molar-refractivity contribution < 1.29 is 32.0 Å². The monoisotopic (exact) mass is 366 g/mol. The lowest BCUT2D eigenvalue weighted by atomic mass is 10.1. The lowest BCUT2D eigenvalue weighted by molar-refractivity contribution is -0.150. The molecule has 0 aliphatic rings. The second-order valence-corrected chi connectivity index (χ2v) is 8.27. The van der Waals surface area contributed by atoms with Crippen molar-refractivity contribution in [1.29, 1.82) is 0 Å². The summed E-state index contributed by atoms with van der Waals surface area (Å²) in [6.45, 7) is 8.29. The van der Waals surface area contributed by atoms with Crippen LogP contribution in [0, 0.1) is 11.8 Å². The average Bonchev–Trinajstić information content (AvgIpc) is 2.43. The van der Waals surface area contributed by atoms with E-state index in [1.54, 1.807) is 0 Å². The van der Waals surface area contributed by atoms with Gasteiger partial charge in [-0.25, -0.2) is 0 Å². The Morgan fingerprint density at radius 2 is 1.38 bits per heavy atom. The molecule has 0 rings (SSSR count). The maximum Gasteiger partial charge on any atom is 0.327 e. The summed E-state index contributed by atoms with van der Waals surface area (Å²) in [5.41, 5.74) is 0. The van der Waals surface area contributed by atoms with Crippen LogP contribution in [-0.2, 0) is 29.2 Å². The highest BCUT2D eigenvalue weighted by atomic mass is 32.2. The lowest BCUT2D eigenvalue weighted by Gasteiger charge is -2.13. The number of carbonyl (C=O) groups excluding carboxylic acids is 2. The average molecular weight is 366 g/mol. The van der Waals surface area contributed by atoms with Crippen molar-refractivity contribution in [3.05, 3.63) is 0 Å². The Kier molecular flexibility index (Phi) is 10.9. The molecule has 8 heteroatoms. The molecule has 0 aromatic heterocycles. The van der Waals surface area contributed by atoms with E-state index in [1.807, 2.05) is 27.7 Å². The number of hydrogen-bond donors (Lipinski definition) is 1. The minimum atomic E-state index is -4.73. The molecular weight excluding hydrogens is 336 g/mol. The van der Waals surface area contributed by atoms with Gasteiger partial charge in [0.05, 0.1) is 19.6 Å². The van der Waals surface area contributed by atoms with Crippen LogP contribution in [0.1, 0.15) is 59.8 Å². The first-order valence-electron chi connectivity index (χ1n) is 8.32. The SMILES string of the molecule is CC(C)CCCOC(=O)CC(C(=O)OCCCC(C)C)S(=O)(=O)O. The Morgan fingerprint density at radius 3 is 1.79 bits per heavy atom. The van der Waals surface area contributed by atoms with Crippen molar-refractivity contribution in [3.8, 4) is 0 Å². The van der Waals surface area contributed by atoms with Crippen LogP contribution < -0.4 is 0 Å². The molecule has 0 aromatic rings. The Bertz CT molecular complexity index is 483. The molecule has 0 saturated carbocycles. The predicted octanol–water partition coefficient (Wildman–Crippen LogP) is 2.59. The van der Waals surface area contributed by atoms with Gasteiger partial charge in [-0.3, -0.25) is 14.1 Å². The molecule has 1 atom stereocenters. The second kappa shape index (κ2) is 11.4. The Balaban J connectivity index is 4.41. The van der Waals surface area contributed by atoms with E-state index in [-0.39, 0.29) is 13.2 Å². The first kappa shape index (κ1) is 22.9. The van der Waals surface area contributed by atoms with Gasteiger partial charge in [-0.1, -0.05) is 27.7 Å². The van der Waals surface area contributed by atoms with E-state index in [4.69, 9.17) is 14.0 Å². The summed E-state index contributed by atoms with van der Waals surface area (Å²) in [5.74, 6) is -1.07. The van der Waals surface area contributed by atoms with E-state index in [0.29, 0.717) is 24.7 Å². The molecule has 0 heterocycles. The number of rotatable bonds is 12. The van der Waals surface area contributed by atoms with E-state index in [1.165, 1.54) is 0 Å². The number of hydrogen-bond acceptors (Lipinski definition) is 6. The van der Waals surface area contributed by atoms with Gasteiger partial charge in [-0.05, 0) is 37.5 Å². The largest absolute Gasteiger partial charge is 0.466 e. The van der Waals surface area contributed by atoms with Crippen LogP contribution in [-0.4, -0.2) is 43.4 Å². The topological polar surface area (TPSA) is 107 Å². The fourth-order valence-electron chi connectivity index (χ4n) is 1.96. The Labute approximate surface area is 144 Å². The maximum atomic E-state index is 11.8. The quantitative estimate of drug-likeness (QED) is 0.321. The molecule has 0 saturated heterocycles. The van der Waals surface area contributed by atoms with Crippen LogP contribution in [0.2, 0.25) is 0 Å². The van der Waals surface area contributed by atoms with Gasteiger partial charge in [0.25, 0.3) is 10.1 Å². The van der Waals surface area contributed by atoms with Gasteiger partial charge in [0.1, 0.15) is 0 Å². The van der Waals surface area contributed by atoms with Crippen LogP contribution in [0.25, 0.3) is 0 Å². The molecule has 7 nitrogen and oxygen atoms in total. The third-order valence-corrected chi connectivity index (χ3v) is 4.41. The number of carbonyl (C=O) groups is 2. The Hall–Kier alpha value is -1.15. The standard InChI is InChI=1S/C16H30O7S/c1-12(2)7-5-9-22-15(17)11-14(24(19,20)21)16(18)23-10-6-8-13(3)4/h12-14H,5-11H2,1-4H3,(H,19,20,21). The van der Waals surface area contributed by atoms with Crippen molar-refractivity contribution in [2.75, 3.05) is 13.2 Å². The summed E-state index contributed by atoms with van der Waals surface area (Å²) in [6, 6.07) is 0. The molecule has 0 radical (unpaired) electrons. The summed E-state index contributed by atoms with van der Waals surface area (Å²) in [4.78, 5) is 23.5. The van der Waals surface area contributed by atoms with Gasteiger partial charge in [0.2, 0.25) is 0 Å². The van der Waals surface area contributed by atoms with Crippen molar-refractivity contribution >= 4 is 22.1 Å². The van der Waals surface area contributed by atoms with Gasteiger partial charge < -0.3 is 9.47 Å². The fraction of sp³-hybridized carbons (Fsp3) is 0.875. The van der Waals surface area contributed by atoms with Crippen molar-refractivity contribution in [3.63, 3.8) is 0 Å². The first-order valence-corrected chi connectivity index (χ1v) is 9.83. The fourth-order valence-corrected chi connectivity index (χ4v) is 2.61. The van der Waals surface area contributed by atoms with Crippen molar-refractivity contribution in [2.45, 2.75) is 65.0 Å². The third kappa shape index (κ3) is 11.4. The zero-order valence-electron chi connectivity index (χ0n) is 15.0. The highest BCUT2D eigenvalue weighted by molar-refractivity contribution is 7.87. The zero-order valence-corrected chi connectivity index (χ0v) is 15.8. The lowest BCUT2D eigenvalue weighted by Crippen LogP contribution is -2.34. The van der Waals surface area contributed by atoms with E-state index in [2.05, 4.69) is 0 Å². The molecule has 24 heavy (non-hydrogen) atoms. The van der Waals surface area contributed by atoms with Gasteiger partial charge in [-0.15, -0.1) is 0 Å². The summed E-state index contributed by atoms with van der Waals surface area (Å²) < 4.78 is 41.5. The molecule has 142 valence electrons. The van der Waals surface area contributed by atoms with Crippen LogP contribution in [0.4, 0.5) is 0 Å². The molecule has 1 unspecified atom stereocenters. The second-order valence-electron chi connectivity index (χ2n) is 6.67. The summed E-state index contributed by atoms with van der Waals surface area (Å²) in [6.07, 6.45) is 2.18. The molecule has 0 aliphatic heterocycles. The van der Waals surface area contributed by atoms with Gasteiger partial charge in [0.15, 0.2) is 5.25 Å². The van der Waals surface area contributed by atoms with Crippen molar-refractivity contribution in [2.24, 2.45) is 11.8 Å². The number of esters is 2. The summed E-state index contributed by atoms with van der Waals surface area (Å²) in [7, 11) is -4.73. The number of ether oxygens (including phenoxy) is 2. The van der Waals surface area contributed by atoms with Crippen LogP contribution in [0.5, 0.6) is 0 Å². The summed E-state index contributed by atoms with van der Waals surface area (Å²) in [5, 5.41) is -1.94. The Morgan fingerprint density at radius 1 is 0.917 bits per heavy atom. The van der Waals surface area contributed by atoms with Crippen LogP contribution in [0.3, 0.4) is 0 Å². The molecule has 1 N–H and O–H groups in total. The molecule has 0 spiro atoms. The third-order valence-electron chi connectivity index (χ3n) is 3.33. The highest BCUT2D eigenvalue weighted by Crippen LogP contribution is 2.11. The first-order chi connectivity index (χ1) is 11.0. The normalized spacial score (nSPS) is 13.1. The minimum Gasteiger partial charge on any atom is -0.466 e.